The second-order valence-corrected chi connectivity index (χ2v) is 7.48. The van der Waals surface area contributed by atoms with Crippen LogP contribution < -0.4 is 10.5 Å². The summed E-state index contributed by atoms with van der Waals surface area (Å²) < 4.78 is 33.4. The van der Waals surface area contributed by atoms with Gasteiger partial charge in [0, 0.05) is 51.6 Å². The average molecular weight is 414 g/mol. The first-order chi connectivity index (χ1) is 14.5. The second kappa shape index (κ2) is 8.89. The van der Waals surface area contributed by atoms with Crippen LogP contribution in [0.5, 0.6) is 0 Å². The van der Waals surface area contributed by atoms with Gasteiger partial charge in [0.05, 0.1) is 30.4 Å². The zero-order chi connectivity index (χ0) is 21.1. The van der Waals surface area contributed by atoms with E-state index in [0.717, 1.165) is 37.9 Å². The molecule has 4 rings (SSSR count). The van der Waals surface area contributed by atoms with Crippen LogP contribution in [0.4, 0.5) is 14.5 Å². The molecule has 0 radical (unpaired) electrons. The summed E-state index contributed by atoms with van der Waals surface area (Å²) >= 11 is 0. The van der Waals surface area contributed by atoms with Gasteiger partial charge in [-0.15, -0.1) is 0 Å². The predicted molar refractivity (Wildman–Crippen MR) is 112 cm³/mol. The van der Waals surface area contributed by atoms with Gasteiger partial charge in [0.1, 0.15) is 11.6 Å². The van der Waals surface area contributed by atoms with E-state index in [4.69, 9.17) is 4.74 Å². The van der Waals surface area contributed by atoms with Crippen LogP contribution in [0.1, 0.15) is 5.56 Å². The SMILES string of the molecule is COCCn1cnc2cc(N3CCN(Cc4cc(F)cc(F)c4)CC3)ccc2c1=O. The predicted octanol–water partition coefficient (Wildman–Crippen LogP) is 2.64. The molecule has 0 unspecified atom stereocenters. The number of piperazine rings is 1. The van der Waals surface area contributed by atoms with Crippen molar-refractivity contribution in [2.24, 2.45) is 0 Å². The molecule has 1 aliphatic rings. The van der Waals surface area contributed by atoms with Crippen molar-refractivity contribution in [1.29, 1.82) is 0 Å². The number of aromatic nitrogens is 2. The highest BCUT2D eigenvalue weighted by Crippen LogP contribution is 2.21. The van der Waals surface area contributed by atoms with Crippen molar-refractivity contribution in [1.82, 2.24) is 14.5 Å². The molecule has 1 aromatic heterocycles. The number of hydrogen-bond donors (Lipinski definition) is 0. The van der Waals surface area contributed by atoms with Crippen LogP contribution in [-0.2, 0) is 17.8 Å². The summed E-state index contributed by atoms with van der Waals surface area (Å²) in [7, 11) is 1.60. The van der Waals surface area contributed by atoms with E-state index >= 15 is 0 Å². The molecule has 2 heterocycles. The third-order valence-electron chi connectivity index (χ3n) is 5.41. The molecule has 158 valence electrons. The minimum Gasteiger partial charge on any atom is -0.383 e. The molecule has 6 nitrogen and oxygen atoms in total. The van der Waals surface area contributed by atoms with E-state index in [1.807, 2.05) is 18.2 Å². The fourth-order valence-corrected chi connectivity index (χ4v) is 3.82. The molecule has 0 aliphatic carbocycles. The first kappa shape index (κ1) is 20.4. The van der Waals surface area contributed by atoms with Crippen LogP contribution in [0.25, 0.3) is 10.9 Å². The summed E-state index contributed by atoms with van der Waals surface area (Å²) in [6.45, 7) is 4.57. The third-order valence-corrected chi connectivity index (χ3v) is 5.41. The maximum Gasteiger partial charge on any atom is 0.261 e. The third kappa shape index (κ3) is 4.49. The number of nitrogens with zero attached hydrogens (tertiary/aromatic N) is 4. The first-order valence-electron chi connectivity index (χ1n) is 9.94. The lowest BCUT2D eigenvalue weighted by Gasteiger charge is -2.36. The van der Waals surface area contributed by atoms with Crippen molar-refractivity contribution in [3.05, 3.63) is 70.3 Å². The molecular weight excluding hydrogens is 390 g/mol. The number of rotatable bonds is 6. The number of benzene rings is 2. The van der Waals surface area contributed by atoms with Crippen LogP contribution >= 0.6 is 0 Å². The molecule has 0 N–H and O–H groups in total. The van der Waals surface area contributed by atoms with Crippen LogP contribution in [0.3, 0.4) is 0 Å². The standard InChI is InChI=1S/C22H24F2N4O2/c1-30-9-8-28-15-25-21-13-19(2-3-20(21)22(28)29)27-6-4-26(5-7-27)14-16-10-17(23)12-18(24)11-16/h2-3,10-13,15H,4-9,14H2,1H3. The average Bonchev–Trinajstić information content (AvgIpc) is 2.73. The molecule has 0 atom stereocenters. The molecule has 8 heteroatoms. The van der Waals surface area contributed by atoms with E-state index < -0.39 is 11.6 Å². The number of anilines is 1. The van der Waals surface area contributed by atoms with Gasteiger partial charge in [-0.2, -0.15) is 0 Å². The largest absolute Gasteiger partial charge is 0.383 e. The summed E-state index contributed by atoms with van der Waals surface area (Å²) in [4.78, 5) is 21.4. The van der Waals surface area contributed by atoms with Crippen molar-refractivity contribution < 1.29 is 13.5 Å². The molecule has 1 saturated heterocycles. The molecule has 30 heavy (non-hydrogen) atoms. The zero-order valence-electron chi connectivity index (χ0n) is 16.9. The Hall–Kier alpha value is -2.84. The van der Waals surface area contributed by atoms with Crippen molar-refractivity contribution in [2.75, 3.05) is 44.8 Å². The van der Waals surface area contributed by atoms with Gasteiger partial charge in [-0.1, -0.05) is 0 Å². The van der Waals surface area contributed by atoms with Gasteiger partial charge in [0.25, 0.3) is 5.56 Å². The van der Waals surface area contributed by atoms with Gasteiger partial charge < -0.3 is 9.64 Å². The topological polar surface area (TPSA) is 50.6 Å². The Balaban J connectivity index is 1.43. The van der Waals surface area contributed by atoms with E-state index in [1.165, 1.54) is 12.1 Å². The summed E-state index contributed by atoms with van der Waals surface area (Å²) in [5, 5.41) is 0.587. The van der Waals surface area contributed by atoms with Crippen LogP contribution in [0, 0.1) is 11.6 Å². The quantitative estimate of drug-likeness (QED) is 0.621. The van der Waals surface area contributed by atoms with Gasteiger partial charge in [0.15, 0.2) is 0 Å². The Morgan fingerprint density at radius 3 is 2.47 bits per heavy atom. The Bertz CT molecular complexity index is 1070. The Labute approximate surface area is 173 Å². The molecule has 3 aromatic rings. The van der Waals surface area contributed by atoms with Gasteiger partial charge in [0.2, 0.25) is 0 Å². The fourth-order valence-electron chi connectivity index (χ4n) is 3.82. The molecule has 1 fully saturated rings. The van der Waals surface area contributed by atoms with E-state index in [9.17, 15) is 13.6 Å². The lowest BCUT2D eigenvalue weighted by Crippen LogP contribution is -2.46. The molecular formula is C22H24F2N4O2. The lowest BCUT2D eigenvalue weighted by atomic mass is 10.1. The molecule has 0 amide bonds. The fraction of sp³-hybridized carbons (Fsp3) is 0.364. The molecule has 2 aromatic carbocycles. The molecule has 1 aliphatic heterocycles. The van der Waals surface area contributed by atoms with Gasteiger partial charge in [-0.05, 0) is 35.9 Å². The minimum atomic E-state index is -0.548. The Morgan fingerprint density at radius 2 is 1.77 bits per heavy atom. The summed E-state index contributed by atoms with van der Waals surface area (Å²) in [5.74, 6) is -1.10. The van der Waals surface area contributed by atoms with Crippen LogP contribution in [-0.4, -0.2) is 54.3 Å². The maximum atomic E-state index is 13.4. The highest BCUT2D eigenvalue weighted by Gasteiger charge is 2.18. The van der Waals surface area contributed by atoms with Crippen molar-refractivity contribution >= 4 is 16.6 Å². The number of fused-ring (bicyclic) bond motifs is 1. The highest BCUT2D eigenvalue weighted by atomic mass is 19.1. The van der Waals surface area contributed by atoms with Crippen LogP contribution in [0.2, 0.25) is 0 Å². The Kier molecular flexibility index (Phi) is 6.06. The van der Waals surface area contributed by atoms with Gasteiger partial charge in [-0.25, -0.2) is 13.8 Å². The zero-order valence-corrected chi connectivity index (χ0v) is 16.9. The Morgan fingerprint density at radius 1 is 1.03 bits per heavy atom. The number of halogens is 2. The highest BCUT2D eigenvalue weighted by molar-refractivity contribution is 5.81. The summed E-state index contributed by atoms with van der Waals surface area (Å²) in [5.41, 5.74) is 2.25. The number of hydrogen-bond acceptors (Lipinski definition) is 5. The van der Waals surface area contributed by atoms with E-state index in [2.05, 4.69) is 14.8 Å². The second-order valence-electron chi connectivity index (χ2n) is 7.48. The van der Waals surface area contributed by atoms with Gasteiger partial charge >= 0.3 is 0 Å². The van der Waals surface area contributed by atoms with Gasteiger partial charge in [-0.3, -0.25) is 14.3 Å². The molecule has 0 bridgehead atoms. The van der Waals surface area contributed by atoms with E-state index in [0.29, 0.717) is 36.2 Å². The minimum absolute atomic E-state index is 0.0734. The van der Waals surface area contributed by atoms with Crippen molar-refractivity contribution in [2.45, 2.75) is 13.1 Å². The van der Waals surface area contributed by atoms with Crippen molar-refractivity contribution in [3.8, 4) is 0 Å². The van der Waals surface area contributed by atoms with E-state index in [1.54, 1.807) is 18.0 Å². The van der Waals surface area contributed by atoms with Crippen molar-refractivity contribution in [3.63, 3.8) is 0 Å². The first-order valence-corrected chi connectivity index (χ1v) is 9.94. The van der Waals surface area contributed by atoms with Crippen LogP contribution in [0.15, 0.2) is 47.5 Å². The smallest absolute Gasteiger partial charge is 0.261 e. The lowest BCUT2D eigenvalue weighted by molar-refractivity contribution is 0.186. The number of ether oxygens (including phenoxy) is 1. The maximum absolute atomic E-state index is 13.4. The van der Waals surface area contributed by atoms with E-state index in [-0.39, 0.29) is 5.56 Å². The normalized spacial score (nSPS) is 15.1. The monoisotopic (exact) mass is 414 g/mol. The summed E-state index contributed by atoms with van der Waals surface area (Å²) in [6, 6.07) is 9.36. The number of methoxy groups -OCH3 is 1. The summed E-state index contributed by atoms with van der Waals surface area (Å²) in [6.07, 6.45) is 1.56. The molecule has 0 saturated carbocycles. The molecule has 0 spiro atoms.